The second kappa shape index (κ2) is 20.4. The van der Waals surface area contributed by atoms with Crippen molar-refractivity contribution in [2.45, 2.75) is 94.0 Å². The number of hydrogen-bond donors (Lipinski definition) is 9. The van der Waals surface area contributed by atoms with Crippen LogP contribution in [0.15, 0.2) is 4.99 Å². The Hall–Kier alpha value is -3.52. The van der Waals surface area contributed by atoms with Crippen molar-refractivity contribution in [2.24, 2.45) is 33.7 Å². The van der Waals surface area contributed by atoms with Crippen LogP contribution in [-0.4, -0.2) is 99.1 Å². The van der Waals surface area contributed by atoms with Gasteiger partial charge in [-0.25, -0.2) is 0 Å². The minimum absolute atomic E-state index is 0.0357. The van der Waals surface area contributed by atoms with Gasteiger partial charge in [-0.1, -0.05) is 0 Å². The Morgan fingerprint density at radius 1 is 0.738 bits per heavy atom. The van der Waals surface area contributed by atoms with Crippen LogP contribution >= 0.6 is 0 Å². The van der Waals surface area contributed by atoms with E-state index in [0.29, 0.717) is 25.8 Å². The minimum Gasteiger partial charge on any atom is -0.370 e. The van der Waals surface area contributed by atoms with E-state index in [2.05, 4.69) is 46.7 Å². The molecule has 0 fully saturated rings. The molecule has 16 nitrogen and oxygen atoms in total. The molecule has 42 heavy (non-hydrogen) atoms. The number of nitrogens with two attached hydrogens (primary N) is 5. The zero-order valence-electron chi connectivity index (χ0n) is 24.1. The van der Waals surface area contributed by atoms with Gasteiger partial charge in [0.1, 0.15) is 12.1 Å². The fourth-order valence-corrected chi connectivity index (χ4v) is 4.29. The van der Waals surface area contributed by atoms with E-state index >= 15 is 0 Å². The number of guanidine groups is 1. The molecule has 0 saturated carbocycles. The van der Waals surface area contributed by atoms with E-state index in [1.165, 1.54) is 6.92 Å². The largest absolute Gasteiger partial charge is 0.370 e. The fourth-order valence-electron chi connectivity index (χ4n) is 3.79. The molecule has 6 atom stereocenters. The van der Waals surface area contributed by atoms with Crippen LogP contribution in [0.5, 0.6) is 0 Å². The molecule has 0 aromatic rings. The lowest BCUT2D eigenvalue weighted by Gasteiger charge is -2.29. The van der Waals surface area contributed by atoms with Crippen molar-refractivity contribution in [1.82, 2.24) is 21.3 Å². The van der Waals surface area contributed by atoms with Gasteiger partial charge in [0.25, 0.3) is 0 Å². The molecule has 0 aromatic heterocycles. The summed E-state index contributed by atoms with van der Waals surface area (Å²) >= 11 is 0. The van der Waals surface area contributed by atoms with Gasteiger partial charge in [0.2, 0.25) is 35.4 Å². The van der Waals surface area contributed by atoms with Crippen LogP contribution in [-0.2, 0) is 28.8 Å². The molecule has 0 aliphatic heterocycles. The highest BCUT2D eigenvalue weighted by molar-refractivity contribution is 6.25. The van der Waals surface area contributed by atoms with Crippen LogP contribution in [0.2, 0.25) is 11.1 Å². The van der Waals surface area contributed by atoms with Crippen LogP contribution < -0.4 is 49.9 Å². The van der Waals surface area contributed by atoms with Crippen LogP contribution in [0.25, 0.3) is 0 Å². The SMILES string of the molecule is CC(=O)N[C@@H](C)C([Si])C(=O)N[C@@H](CCCN=C(N)N)C(=O)N[C@@H](CCC(N)=O)C([Si])C(=O)N[C@@H](CCCCN)C(N)=O. The summed E-state index contributed by atoms with van der Waals surface area (Å²) in [5.41, 5.74) is 24.9. The van der Waals surface area contributed by atoms with E-state index in [-0.39, 0.29) is 44.1 Å². The molecule has 0 rings (SSSR count). The Balaban J connectivity index is 5.84. The molecular weight excluding hydrogens is 581 g/mol. The first-order valence-electron chi connectivity index (χ1n) is 13.5. The Morgan fingerprint density at radius 3 is 1.83 bits per heavy atom. The zero-order valence-corrected chi connectivity index (χ0v) is 26.1. The third kappa shape index (κ3) is 16.1. The predicted octanol–water partition coefficient (Wildman–Crippen LogP) is -4.19. The third-order valence-electron chi connectivity index (χ3n) is 6.11. The van der Waals surface area contributed by atoms with Crippen molar-refractivity contribution in [1.29, 1.82) is 0 Å². The van der Waals surface area contributed by atoms with Crippen molar-refractivity contribution >= 4 is 61.9 Å². The topological polar surface area (TPSA) is 293 Å². The maximum Gasteiger partial charge on any atom is 0.242 e. The first-order chi connectivity index (χ1) is 19.6. The third-order valence-corrected chi connectivity index (χ3v) is 7.54. The van der Waals surface area contributed by atoms with Gasteiger partial charge in [-0.15, -0.1) is 0 Å². The highest BCUT2D eigenvalue weighted by Gasteiger charge is 2.32. The zero-order chi connectivity index (χ0) is 32.4. The molecule has 6 radical (unpaired) electrons. The predicted molar refractivity (Wildman–Crippen MR) is 159 cm³/mol. The number of aliphatic imine (C=N–C) groups is 1. The molecule has 0 spiro atoms. The van der Waals surface area contributed by atoms with Crippen molar-refractivity contribution < 1.29 is 28.8 Å². The summed E-state index contributed by atoms with van der Waals surface area (Å²) in [4.78, 5) is 78.0. The number of primary amides is 2. The summed E-state index contributed by atoms with van der Waals surface area (Å²) in [6.07, 6.45) is 1.65. The van der Waals surface area contributed by atoms with Gasteiger partial charge in [-0.3, -0.25) is 33.8 Å². The molecule has 0 saturated heterocycles. The Morgan fingerprint density at radius 2 is 1.31 bits per heavy atom. The summed E-state index contributed by atoms with van der Waals surface area (Å²) in [7, 11) is 6.62. The smallest absolute Gasteiger partial charge is 0.242 e. The Kier molecular flexibility index (Phi) is 18.7. The highest BCUT2D eigenvalue weighted by Crippen LogP contribution is 2.16. The van der Waals surface area contributed by atoms with Crippen molar-refractivity contribution in [3.8, 4) is 0 Å². The number of carbonyl (C=O) groups excluding carboxylic acids is 6. The average molecular weight is 625 g/mol. The van der Waals surface area contributed by atoms with Crippen LogP contribution in [0.4, 0.5) is 0 Å². The van der Waals surface area contributed by atoms with Crippen molar-refractivity contribution in [3.63, 3.8) is 0 Å². The van der Waals surface area contributed by atoms with Gasteiger partial charge in [0.05, 0.1) is 0 Å². The molecule has 14 N–H and O–H groups in total. The number of unbranched alkanes of at least 4 members (excludes halogenated alkanes) is 1. The second-order valence-electron chi connectivity index (χ2n) is 9.82. The molecule has 18 heteroatoms. The summed E-state index contributed by atoms with van der Waals surface area (Å²) < 4.78 is 0. The average Bonchev–Trinajstić information content (AvgIpc) is 2.90. The van der Waals surface area contributed by atoms with E-state index in [0.717, 1.165) is 0 Å². The van der Waals surface area contributed by atoms with Gasteiger partial charge in [-0.2, -0.15) is 0 Å². The van der Waals surface area contributed by atoms with Gasteiger partial charge in [0, 0.05) is 63.5 Å². The first kappa shape index (κ1) is 38.5. The quantitative estimate of drug-likeness (QED) is 0.0258. The van der Waals surface area contributed by atoms with Crippen LogP contribution in [0.1, 0.15) is 58.8 Å². The molecule has 0 heterocycles. The molecule has 0 aliphatic rings. The summed E-state index contributed by atoms with van der Waals surface area (Å²) in [6, 6.07) is -3.66. The van der Waals surface area contributed by atoms with Gasteiger partial charge in [0.15, 0.2) is 5.96 Å². The molecule has 6 amide bonds. The number of hydrogen-bond acceptors (Lipinski definition) is 8. The summed E-state index contributed by atoms with van der Waals surface area (Å²) in [5.74, 6) is -3.80. The Labute approximate surface area is 252 Å². The molecule has 0 bridgehead atoms. The van der Waals surface area contributed by atoms with E-state index in [9.17, 15) is 28.8 Å². The normalized spacial score (nSPS) is 15.1. The second-order valence-corrected chi connectivity index (χ2v) is 11.1. The van der Waals surface area contributed by atoms with Crippen LogP contribution in [0, 0.1) is 0 Å². The Bertz CT molecular complexity index is 966. The molecule has 2 unspecified atom stereocenters. The fraction of sp³-hybridized carbons (Fsp3) is 0.708. The summed E-state index contributed by atoms with van der Waals surface area (Å²) in [5, 5.41) is 10.5. The minimum atomic E-state index is -1.11. The molecule has 234 valence electrons. The van der Waals surface area contributed by atoms with Gasteiger partial charge in [-0.05, 0) is 52.0 Å². The lowest BCUT2D eigenvalue weighted by atomic mass is 10.0. The van der Waals surface area contributed by atoms with E-state index in [1.807, 2.05) is 0 Å². The number of amides is 6. The number of nitrogens with one attached hydrogen (secondary N) is 4. The van der Waals surface area contributed by atoms with Crippen molar-refractivity contribution in [3.05, 3.63) is 0 Å². The van der Waals surface area contributed by atoms with Crippen LogP contribution in [0.3, 0.4) is 0 Å². The lowest BCUT2D eigenvalue weighted by molar-refractivity contribution is -0.131. The van der Waals surface area contributed by atoms with E-state index < -0.39 is 64.8 Å². The lowest BCUT2D eigenvalue weighted by Crippen LogP contribution is -2.54. The maximum absolute atomic E-state index is 13.4. The molecule has 0 aliphatic carbocycles. The number of rotatable bonds is 21. The standard InChI is InChI=1S/C24H44N10O6Si2/c1-12(31-13(2)35)18(41)22(39)34-16(7-5-11-30-24(28)29)21(38)32-14(8-9-17(26)36)19(42)23(40)33-15(20(27)37)6-3-4-10-25/h12,14-16,18-19H,3-11,25H2,1-2H3,(H2,26,36)(H2,27,37)(H,31,35)(H,32,38)(H,33,40)(H,34,39)(H4,28,29,30)/t12-,14-,15-,16-,18?,19?/m0/s1. The highest BCUT2D eigenvalue weighted by atomic mass is 28.1. The maximum atomic E-state index is 13.4. The van der Waals surface area contributed by atoms with Gasteiger partial charge < -0.3 is 49.9 Å². The van der Waals surface area contributed by atoms with E-state index in [1.54, 1.807) is 6.92 Å². The first-order valence-corrected chi connectivity index (χ1v) is 14.7. The summed E-state index contributed by atoms with van der Waals surface area (Å²) in [6.45, 7) is 3.49. The van der Waals surface area contributed by atoms with Gasteiger partial charge >= 0.3 is 0 Å². The van der Waals surface area contributed by atoms with Crippen molar-refractivity contribution in [2.75, 3.05) is 13.1 Å². The molecule has 0 aromatic carbocycles. The number of nitrogens with zero attached hydrogens (tertiary/aromatic N) is 1. The number of carbonyl (C=O) groups is 6. The van der Waals surface area contributed by atoms with E-state index in [4.69, 9.17) is 28.7 Å². The monoisotopic (exact) mass is 624 g/mol. The molecular formula is C24H44N10O6Si2.